The lowest BCUT2D eigenvalue weighted by Gasteiger charge is -2.17. The summed E-state index contributed by atoms with van der Waals surface area (Å²) in [6.45, 7) is 5.49. The van der Waals surface area contributed by atoms with Gasteiger partial charge in [-0.15, -0.1) is 11.3 Å². The fourth-order valence-electron chi connectivity index (χ4n) is 1.23. The molecular weight excluding hydrogens is 224 g/mol. The number of hydrogen-bond acceptors (Lipinski definition) is 5. The van der Waals surface area contributed by atoms with Gasteiger partial charge < -0.3 is 10.8 Å². The average Bonchev–Trinajstić information content (AvgIpc) is 2.65. The summed E-state index contributed by atoms with van der Waals surface area (Å²) in [5, 5.41) is 12.1. The molecule has 1 heterocycles. The van der Waals surface area contributed by atoms with Gasteiger partial charge in [-0.25, -0.2) is 4.98 Å². The maximum absolute atomic E-state index is 11.0. The number of aliphatic hydroxyl groups is 1. The fraction of sp³-hybridized carbons (Fsp3) is 0.636. The van der Waals surface area contributed by atoms with Gasteiger partial charge in [0.15, 0.2) is 5.78 Å². The van der Waals surface area contributed by atoms with Crippen LogP contribution in [-0.4, -0.2) is 21.9 Å². The third kappa shape index (κ3) is 3.37. The van der Waals surface area contributed by atoms with Crippen LogP contribution in [0.15, 0.2) is 5.38 Å². The van der Waals surface area contributed by atoms with Crippen LogP contribution in [0.5, 0.6) is 0 Å². The summed E-state index contributed by atoms with van der Waals surface area (Å²) >= 11 is 1.30. The smallest absolute Gasteiger partial charge is 0.178 e. The zero-order valence-electron chi connectivity index (χ0n) is 9.80. The van der Waals surface area contributed by atoms with Gasteiger partial charge in [0.2, 0.25) is 0 Å². The topological polar surface area (TPSA) is 76.2 Å². The van der Waals surface area contributed by atoms with Crippen LogP contribution in [0.25, 0.3) is 0 Å². The van der Waals surface area contributed by atoms with E-state index in [-0.39, 0.29) is 11.8 Å². The monoisotopic (exact) mass is 242 g/mol. The maximum Gasteiger partial charge on any atom is 0.178 e. The van der Waals surface area contributed by atoms with Gasteiger partial charge in [0.25, 0.3) is 0 Å². The van der Waals surface area contributed by atoms with Gasteiger partial charge >= 0.3 is 0 Å². The molecule has 16 heavy (non-hydrogen) atoms. The summed E-state index contributed by atoms with van der Waals surface area (Å²) in [7, 11) is 0. The third-order valence-corrected chi connectivity index (χ3v) is 3.47. The second-order valence-corrected chi connectivity index (χ2v) is 5.18. The molecule has 0 spiro atoms. The lowest BCUT2D eigenvalue weighted by atomic mass is 9.99. The molecule has 1 aromatic heterocycles. The molecule has 3 N–H and O–H groups in total. The molecule has 0 amide bonds. The van der Waals surface area contributed by atoms with Crippen molar-refractivity contribution in [3.8, 4) is 0 Å². The number of Topliss-reactive ketones (excluding diaryl/α,β-unsaturated/α-hetero) is 1. The molecule has 0 unspecified atom stereocenters. The highest BCUT2D eigenvalue weighted by Crippen LogP contribution is 2.23. The highest BCUT2D eigenvalue weighted by molar-refractivity contribution is 7.09. The van der Waals surface area contributed by atoms with E-state index < -0.39 is 6.10 Å². The molecule has 4 nitrogen and oxygen atoms in total. The Hall–Kier alpha value is -0.780. The SMILES string of the molecule is CC(=O)c1csc([C@H](O)C[C@@H](N)C(C)C)n1. The number of aliphatic hydroxyl groups excluding tert-OH is 1. The van der Waals surface area contributed by atoms with Crippen LogP contribution >= 0.6 is 11.3 Å². The summed E-state index contributed by atoms with van der Waals surface area (Å²) in [4.78, 5) is 15.1. The first kappa shape index (κ1) is 13.3. The standard InChI is InChI=1S/C11H18N2O2S/c1-6(2)8(12)4-10(15)11-13-9(5-16-11)7(3)14/h5-6,8,10,15H,4,12H2,1-3H3/t8-,10-/m1/s1. The molecule has 0 aliphatic heterocycles. The van der Waals surface area contributed by atoms with Gasteiger partial charge in [-0.3, -0.25) is 4.79 Å². The predicted molar refractivity (Wildman–Crippen MR) is 64.5 cm³/mol. The van der Waals surface area contributed by atoms with Crippen molar-refractivity contribution in [2.45, 2.75) is 39.3 Å². The minimum Gasteiger partial charge on any atom is -0.386 e. The normalized spacial score (nSPS) is 15.1. The van der Waals surface area contributed by atoms with Crippen molar-refractivity contribution >= 4 is 17.1 Å². The largest absolute Gasteiger partial charge is 0.386 e. The summed E-state index contributed by atoms with van der Waals surface area (Å²) in [5.74, 6) is 0.241. The van der Waals surface area contributed by atoms with Crippen LogP contribution in [0.1, 0.15) is 48.8 Å². The third-order valence-electron chi connectivity index (χ3n) is 2.52. The molecule has 2 atom stereocenters. The van der Waals surface area contributed by atoms with E-state index in [4.69, 9.17) is 5.73 Å². The van der Waals surface area contributed by atoms with Crippen molar-refractivity contribution in [2.75, 3.05) is 0 Å². The van der Waals surface area contributed by atoms with Crippen LogP contribution in [-0.2, 0) is 0 Å². The van der Waals surface area contributed by atoms with Crippen molar-refractivity contribution in [1.82, 2.24) is 4.98 Å². The number of carbonyl (C=O) groups is 1. The van der Waals surface area contributed by atoms with Gasteiger partial charge in [0.1, 0.15) is 16.8 Å². The molecule has 0 bridgehead atoms. The van der Waals surface area contributed by atoms with Crippen LogP contribution in [0, 0.1) is 5.92 Å². The molecule has 1 rings (SSSR count). The van der Waals surface area contributed by atoms with Gasteiger partial charge in [0, 0.05) is 18.3 Å². The van der Waals surface area contributed by atoms with E-state index in [9.17, 15) is 9.90 Å². The first-order valence-electron chi connectivity index (χ1n) is 5.31. The molecular formula is C11H18N2O2S. The number of ketones is 1. The first-order chi connectivity index (χ1) is 7.41. The van der Waals surface area contributed by atoms with Crippen molar-refractivity contribution < 1.29 is 9.90 Å². The Morgan fingerprint density at radius 1 is 1.62 bits per heavy atom. The van der Waals surface area contributed by atoms with Gasteiger partial charge in [-0.1, -0.05) is 13.8 Å². The van der Waals surface area contributed by atoms with Crippen LogP contribution in [0.4, 0.5) is 0 Å². The number of hydrogen-bond donors (Lipinski definition) is 2. The average molecular weight is 242 g/mol. The molecule has 1 aromatic rings. The van der Waals surface area contributed by atoms with Crippen molar-refractivity contribution in [1.29, 1.82) is 0 Å². The lowest BCUT2D eigenvalue weighted by molar-refractivity contribution is 0.101. The lowest BCUT2D eigenvalue weighted by Crippen LogP contribution is -2.28. The van der Waals surface area contributed by atoms with Gasteiger partial charge in [-0.2, -0.15) is 0 Å². The van der Waals surface area contributed by atoms with Crippen LogP contribution in [0.2, 0.25) is 0 Å². The van der Waals surface area contributed by atoms with E-state index in [1.165, 1.54) is 18.3 Å². The number of aromatic nitrogens is 1. The molecule has 90 valence electrons. The van der Waals surface area contributed by atoms with E-state index in [1.54, 1.807) is 5.38 Å². The Morgan fingerprint density at radius 2 is 2.25 bits per heavy atom. The maximum atomic E-state index is 11.0. The number of nitrogens with two attached hydrogens (primary N) is 1. The number of nitrogens with zero attached hydrogens (tertiary/aromatic N) is 1. The zero-order chi connectivity index (χ0) is 12.3. The van der Waals surface area contributed by atoms with Gasteiger partial charge in [0.05, 0.1) is 0 Å². The molecule has 0 fully saturated rings. The van der Waals surface area contributed by atoms with Crippen molar-refractivity contribution in [2.24, 2.45) is 11.7 Å². The summed E-state index contributed by atoms with van der Waals surface area (Å²) < 4.78 is 0. The Bertz CT molecular complexity index is 363. The highest BCUT2D eigenvalue weighted by atomic mass is 32.1. The van der Waals surface area contributed by atoms with Crippen molar-refractivity contribution in [3.05, 3.63) is 16.1 Å². The second kappa shape index (κ2) is 5.52. The van der Waals surface area contributed by atoms with Gasteiger partial charge in [-0.05, 0) is 12.3 Å². The Morgan fingerprint density at radius 3 is 2.69 bits per heavy atom. The molecule has 0 radical (unpaired) electrons. The Labute approximate surface area is 99.5 Å². The number of carbonyl (C=O) groups excluding carboxylic acids is 1. The summed E-state index contributed by atoms with van der Waals surface area (Å²) in [5.41, 5.74) is 6.29. The quantitative estimate of drug-likeness (QED) is 0.771. The molecule has 5 heteroatoms. The molecule has 0 aliphatic rings. The fourth-order valence-corrected chi connectivity index (χ4v) is 2.09. The van der Waals surface area contributed by atoms with E-state index in [2.05, 4.69) is 4.98 Å². The number of rotatable bonds is 5. The molecule has 0 aliphatic carbocycles. The summed E-state index contributed by atoms with van der Waals surface area (Å²) in [6, 6.07) is -0.0559. The Balaban J connectivity index is 2.65. The van der Waals surface area contributed by atoms with Crippen LogP contribution in [0.3, 0.4) is 0 Å². The van der Waals surface area contributed by atoms with E-state index in [1.807, 2.05) is 13.8 Å². The first-order valence-corrected chi connectivity index (χ1v) is 6.19. The molecule has 0 aromatic carbocycles. The predicted octanol–water partition coefficient (Wildman–Crippen LogP) is 1.75. The highest BCUT2D eigenvalue weighted by Gasteiger charge is 2.18. The van der Waals surface area contributed by atoms with E-state index in [0.29, 0.717) is 23.0 Å². The Kier molecular flexibility index (Phi) is 4.58. The minimum absolute atomic E-state index is 0.0559. The van der Waals surface area contributed by atoms with E-state index in [0.717, 1.165) is 0 Å². The number of thiazole rings is 1. The van der Waals surface area contributed by atoms with Crippen LogP contribution < -0.4 is 5.73 Å². The molecule has 0 saturated heterocycles. The zero-order valence-corrected chi connectivity index (χ0v) is 10.6. The second-order valence-electron chi connectivity index (χ2n) is 4.29. The van der Waals surface area contributed by atoms with E-state index >= 15 is 0 Å². The van der Waals surface area contributed by atoms with Crippen molar-refractivity contribution in [3.63, 3.8) is 0 Å². The summed E-state index contributed by atoms with van der Waals surface area (Å²) in [6.07, 6.45) is -0.196. The minimum atomic E-state index is -0.671. The molecule has 0 saturated carbocycles.